The first-order valence-electron chi connectivity index (χ1n) is 11.3. The first kappa shape index (κ1) is 24.2. The van der Waals surface area contributed by atoms with Crippen LogP contribution in [0.4, 0.5) is 0 Å². The van der Waals surface area contributed by atoms with E-state index < -0.39 is 21.8 Å². The van der Waals surface area contributed by atoms with Crippen molar-refractivity contribution in [1.29, 1.82) is 0 Å². The fourth-order valence-corrected chi connectivity index (χ4v) is 6.61. The highest BCUT2D eigenvalue weighted by atomic mass is 32.2. The predicted molar refractivity (Wildman–Crippen MR) is 135 cm³/mol. The highest BCUT2D eigenvalue weighted by Gasteiger charge is 2.36. The molecule has 1 atom stereocenters. The molecule has 4 aromatic rings. The van der Waals surface area contributed by atoms with E-state index in [4.69, 9.17) is 13.7 Å². The fraction of sp³-hybridized carbons (Fsp3) is 0.231. The number of furan rings is 1. The summed E-state index contributed by atoms with van der Waals surface area (Å²) in [5, 5.41) is 4.67. The van der Waals surface area contributed by atoms with Crippen molar-refractivity contribution in [2.24, 2.45) is 0 Å². The van der Waals surface area contributed by atoms with E-state index in [0.717, 1.165) is 10.5 Å². The van der Waals surface area contributed by atoms with Crippen LogP contribution in [0.15, 0.2) is 91.7 Å². The molecule has 10 heteroatoms. The Hall–Kier alpha value is -3.50. The number of rotatable bonds is 8. The smallest absolute Gasteiger partial charge is 0.276 e. The van der Waals surface area contributed by atoms with E-state index in [1.165, 1.54) is 16.7 Å². The lowest BCUT2D eigenvalue weighted by atomic mass is 10.1. The van der Waals surface area contributed by atoms with Crippen LogP contribution in [-0.4, -0.2) is 49.0 Å². The Morgan fingerprint density at radius 3 is 2.58 bits per heavy atom. The van der Waals surface area contributed by atoms with Gasteiger partial charge in [-0.15, -0.1) is 0 Å². The average molecular weight is 525 g/mol. The summed E-state index contributed by atoms with van der Waals surface area (Å²) >= 11 is 1.47. The number of ether oxygens (including phenoxy) is 1. The van der Waals surface area contributed by atoms with Gasteiger partial charge < -0.3 is 18.6 Å². The van der Waals surface area contributed by atoms with Gasteiger partial charge in [-0.05, 0) is 55.0 Å². The number of sulfone groups is 1. The summed E-state index contributed by atoms with van der Waals surface area (Å²) in [6.45, 7) is 0.124. The standard InChI is InChI=1S/C26H24N2O6S2/c1-32-20-9-7-18(8-10-20)24-15-23(27-34-24)26(29)28(19-13-14-36(30,31)17-19)16-21-11-12-25(33-21)35-22-5-3-2-4-6-22/h2-12,15,19H,13-14,16-17H2,1H3/t19-/m1/s1. The van der Waals surface area contributed by atoms with Crippen LogP contribution in [0.2, 0.25) is 0 Å². The van der Waals surface area contributed by atoms with E-state index in [0.29, 0.717) is 28.8 Å². The Labute approximate surface area is 213 Å². The molecule has 0 N–H and O–H groups in total. The molecule has 0 unspecified atom stereocenters. The molecule has 8 nitrogen and oxygen atoms in total. The minimum Gasteiger partial charge on any atom is -0.497 e. The SMILES string of the molecule is COc1ccc(-c2cc(C(=O)N(Cc3ccc(Sc4ccccc4)o3)[C@@H]3CCS(=O)(=O)C3)no2)cc1. The number of benzene rings is 2. The molecule has 0 bridgehead atoms. The molecule has 0 spiro atoms. The number of nitrogens with zero attached hydrogens (tertiary/aromatic N) is 2. The molecule has 1 aliphatic heterocycles. The van der Waals surface area contributed by atoms with E-state index >= 15 is 0 Å². The summed E-state index contributed by atoms with van der Waals surface area (Å²) in [4.78, 5) is 16.1. The summed E-state index contributed by atoms with van der Waals surface area (Å²) in [7, 11) is -1.63. The molecule has 5 rings (SSSR count). The van der Waals surface area contributed by atoms with Gasteiger partial charge in [-0.1, -0.05) is 35.1 Å². The van der Waals surface area contributed by atoms with Gasteiger partial charge in [-0.2, -0.15) is 0 Å². The fourth-order valence-electron chi connectivity index (χ4n) is 4.07. The minimum atomic E-state index is -3.21. The normalized spacial score (nSPS) is 16.6. The van der Waals surface area contributed by atoms with Gasteiger partial charge in [0.25, 0.3) is 5.91 Å². The summed E-state index contributed by atoms with van der Waals surface area (Å²) in [5.74, 6) is 1.24. The number of amides is 1. The van der Waals surface area contributed by atoms with Crippen molar-refractivity contribution in [3.63, 3.8) is 0 Å². The second-order valence-corrected chi connectivity index (χ2v) is 11.7. The van der Waals surface area contributed by atoms with Crippen LogP contribution in [0, 0.1) is 0 Å². The molecule has 36 heavy (non-hydrogen) atoms. The number of hydrogen-bond donors (Lipinski definition) is 0. The van der Waals surface area contributed by atoms with Gasteiger partial charge in [0.2, 0.25) is 0 Å². The monoisotopic (exact) mass is 524 g/mol. The summed E-state index contributed by atoms with van der Waals surface area (Å²) < 4.78 is 41.0. The van der Waals surface area contributed by atoms with Gasteiger partial charge >= 0.3 is 0 Å². The lowest BCUT2D eigenvalue weighted by molar-refractivity contribution is 0.0653. The van der Waals surface area contributed by atoms with Crippen molar-refractivity contribution in [3.05, 3.63) is 84.3 Å². The Kier molecular flexibility index (Phi) is 6.88. The summed E-state index contributed by atoms with van der Waals surface area (Å²) in [5.41, 5.74) is 0.849. The molecule has 2 aromatic heterocycles. The second kappa shape index (κ2) is 10.2. The third kappa shape index (κ3) is 5.50. The first-order chi connectivity index (χ1) is 17.4. The summed E-state index contributed by atoms with van der Waals surface area (Å²) in [6, 6.07) is 21.8. The third-order valence-electron chi connectivity index (χ3n) is 5.94. The maximum atomic E-state index is 13.5. The van der Waals surface area contributed by atoms with Gasteiger partial charge in [-0.3, -0.25) is 4.79 Å². The molecule has 1 amide bonds. The topological polar surface area (TPSA) is 103 Å². The highest BCUT2D eigenvalue weighted by Crippen LogP contribution is 2.31. The van der Waals surface area contributed by atoms with Crippen LogP contribution in [0.1, 0.15) is 22.7 Å². The number of hydrogen-bond acceptors (Lipinski definition) is 8. The van der Waals surface area contributed by atoms with E-state index in [-0.39, 0.29) is 23.7 Å². The summed E-state index contributed by atoms with van der Waals surface area (Å²) in [6.07, 6.45) is 0.365. The Balaban J connectivity index is 1.37. The first-order valence-corrected chi connectivity index (χ1v) is 14.0. The van der Waals surface area contributed by atoms with Crippen LogP contribution >= 0.6 is 11.8 Å². The largest absolute Gasteiger partial charge is 0.497 e. The van der Waals surface area contributed by atoms with Crippen molar-refractivity contribution in [2.75, 3.05) is 18.6 Å². The van der Waals surface area contributed by atoms with E-state index in [1.807, 2.05) is 48.5 Å². The van der Waals surface area contributed by atoms with E-state index in [2.05, 4.69) is 5.16 Å². The minimum absolute atomic E-state index is 0.0463. The van der Waals surface area contributed by atoms with Crippen LogP contribution in [0.25, 0.3) is 11.3 Å². The van der Waals surface area contributed by atoms with Crippen molar-refractivity contribution in [2.45, 2.75) is 29.0 Å². The quantitative estimate of drug-likeness (QED) is 0.320. The molecule has 1 aliphatic rings. The molecule has 186 valence electrons. The van der Waals surface area contributed by atoms with Crippen LogP contribution in [0.3, 0.4) is 0 Å². The molecule has 2 aromatic carbocycles. The second-order valence-electron chi connectivity index (χ2n) is 8.43. The van der Waals surface area contributed by atoms with Crippen molar-refractivity contribution in [1.82, 2.24) is 10.1 Å². The van der Waals surface area contributed by atoms with Crippen molar-refractivity contribution >= 4 is 27.5 Å². The number of methoxy groups -OCH3 is 1. The Morgan fingerprint density at radius 2 is 1.89 bits per heavy atom. The molecule has 3 heterocycles. The molecule has 0 radical (unpaired) electrons. The lowest BCUT2D eigenvalue weighted by Crippen LogP contribution is -2.40. The zero-order valence-corrected chi connectivity index (χ0v) is 21.1. The van der Waals surface area contributed by atoms with Gasteiger partial charge in [0, 0.05) is 22.6 Å². The van der Waals surface area contributed by atoms with Crippen molar-refractivity contribution < 1.29 is 26.9 Å². The lowest BCUT2D eigenvalue weighted by Gasteiger charge is -2.26. The van der Waals surface area contributed by atoms with Crippen LogP contribution in [-0.2, 0) is 16.4 Å². The average Bonchev–Trinajstić information content (AvgIpc) is 3.63. The number of carbonyl (C=O) groups is 1. The molecular weight excluding hydrogens is 500 g/mol. The Bertz CT molecular complexity index is 1450. The van der Waals surface area contributed by atoms with Gasteiger partial charge in [-0.25, -0.2) is 8.42 Å². The van der Waals surface area contributed by atoms with Crippen LogP contribution in [0.5, 0.6) is 5.75 Å². The van der Waals surface area contributed by atoms with E-state index in [9.17, 15) is 13.2 Å². The molecule has 0 aliphatic carbocycles. The van der Waals surface area contributed by atoms with Crippen molar-refractivity contribution in [3.8, 4) is 17.1 Å². The number of aromatic nitrogens is 1. The molecule has 1 saturated heterocycles. The maximum Gasteiger partial charge on any atom is 0.276 e. The number of carbonyl (C=O) groups excluding carboxylic acids is 1. The van der Waals surface area contributed by atoms with Gasteiger partial charge in [0.05, 0.1) is 25.2 Å². The third-order valence-corrected chi connectivity index (χ3v) is 8.62. The predicted octanol–water partition coefficient (Wildman–Crippen LogP) is 4.92. The highest BCUT2D eigenvalue weighted by molar-refractivity contribution is 7.99. The maximum absolute atomic E-state index is 13.5. The molecule has 0 saturated carbocycles. The molecule has 1 fully saturated rings. The van der Waals surface area contributed by atoms with Crippen LogP contribution < -0.4 is 4.74 Å². The zero-order chi connectivity index (χ0) is 25.1. The zero-order valence-electron chi connectivity index (χ0n) is 19.5. The van der Waals surface area contributed by atoms with Gasteiger partial charge in [0.15, 0.2) is 26.4 Å². The van der Waals surface area contributed by atoms with Gasteiger partial charge in [0.1, 0.15) is 11.5 Å². The Morgan fingerprint density at radius 1 is 1.11 bits per heavy atom. The molecular formula is C26H24N2O6S2. The van der Waals surface area contributed by atoms with E-state index in [1.54, 1.807) is 31.4 Å².